The first-order valence-corrected chi connectivity index (χ1v) is 10.5. The Labute approximate surface area is 146 Å². The van der Waals surface area contributed by atoms with E-state index in [-0.39, 0.29) is 26.9 Å². The van der Waals surface area contributed by atoms with Crippen LogP contribution in [0.15, 0.2) is 0 Å². The minimum Gasteiger partial charge on any atom is -0.377 e. The molecule has 0 saturated heterocycles. The molecule has 0 saturated carbocycles. The molecule has 6 nitrogen and oxygen atoms in total. The van der Waals surface area contributed by atoms with Crippen LogP contribution in [0.5, 0.6) is 0 Å². The van der Waals surface area contributed by atoms with Gasteiger partial charge in [-0.05, 0) is 6.42 Å². The van der Waals surface area contributed by atoms with Crippen LogP contribution in [0.4, 0.5) is 0 Å². The largest absolute Gasteiger partial charge is 0.507 e. The van der Waals surface area contributed by atoms with Crippen LogP contribution in [0.3, 0.4) is 0 Å². The smallest absolute Gasteiger partial charge is 0.377 e. The molecule has 0 atom stereocenters. The summed E-state index contributed by atoms with van der Waals surface area (Å²) in [4.78, 5) is 0. The first-order valence-electron chi connectivity index (χ1n) is 6.87. The summed E-state index contributed by atoms with van der Waals surface area (Å²) < 4.78 is 33.8. The molecular weight excluding hydrogens is 344 g/mol. The number of rotatable bonds is 12. The Morgan fingerprint density at radius 1 is 0.667 bits per heavy atom. The van der Waals surface area contributed by atoms with Gasteiger partial charge >= 0.3 is 17.6 Å². The fourth-order valence-corrected chi connectivity index (χ4v) is 10.2. The van der Waals surface area contributed by atoms with Crippen LogP contribution in [0, 0.1) is 0 Å². The minimum atomic E-state index is -2.91. The topological polar surface area (TPSA) is 55.4 Å². The Morgan fingerprint density at radius 2 is 1.00 bits per heavy atom. The van der Waals surface area contributed by atoms with Crippen LogP contribution in [0.25, 0.3) is 0 Å². The third-order valence-electron chi connectivity index (χ3n) is 3.66. The van der Waals surface area contributed by atoms with Gasteiger partial charge in [-0.15, -0.1) is 0 Å². The normalized spacial score (nSPS) is 12.6. The molecule has 0 rings (SSSR count). The molecule has 21 heavy (non-hydrogen) atoms. The fourth-order valence-electron chi connectivity index (χ4n) is 2.52. The maximum absolute atomic E-state index is 5.63. The molecule has 0 aliphatic carbocycles. The Kier molecular flexibility index (Phi) is 14.2. The SMILES string of the molecule is CCCCCC([Si](OC)(OC)OC)[Si](OC)(OC)OC.[Ti]. The van der Waals surface area contributed by atoms with Crippen LogP contribution in [0.2, 0.25) is 5.16 Å². The van der Waals surface area contributed by atoms with Gasteiger partial charge in [-0.25, -0.2) is 0 Å². The molecule has 0 heterocycles. The van der Waals surface area contributed by atoms with Gasteiger partial charge in [-0.3, -0.25) is 0 Å². The molecule has 9 heteroatoms. The Balaban J connectivity index is 0. The van der Waals surface area contributed by atoms with Crippen LogP contribution < -0.4 is 0 Å². The standard InChI is InChI=1S/C12H30O6Si2.Ti/c1-8-9-10-11-12(19(13-2,14-3)15-4)20(16-5,17-6)18-7;/h12H,8-11H2,1-7H3;. The number of hydrogen-bond donors (Lipinski definition) is 0. The molecule has 0 aromatic rings. The van der Waals surface area contributed by atoms with Crippen molar-refractivity contribution in [2.24, 2.45) is 0 Å². The molecule has 0 aliphatic rings. The summed E-state index contributed by atoms with van der Waals surface area (Å²) in [6.07, 6.45) is 4.11. The summed E-state index contributed by atoms with van der Waals surface area (Å²) in [6, 6.07) is 0. The number of unbranched alkanes of at least 4 members (excludes halogenated alkanes) is 2. The summed E-state index contributed by atoms with van der Waals surface area (Å²) >= 11 is 0. The van der Waals surface area contributed by atoms with Gasteiger partial charge in [-0.2, -0.15) is 0 Å². The van der Waals surface area contributed by atoms with E-state index >= 15 is 0 Å². The predicted molar refractivity (Wildman–Crippen MR) is 81.5 cm³/mol. The number of hydrogen-bond acceptors (Lipinski definition) is 6. The molecule has 0 aliphatic heterocycles. The quantitative estimate of drug-likeness (QED) is 0.386. The van der Waals surface area contributed by atoms with Crippen LogP contribution >= 0.6 is 0 Å². The minimum absolute atomic E-state index is 0. The van der Waals surface area contributed by atoms with Gasteiger partial charge in [0.1, 0.15) is 0 Å². The molecule has 0 N–H and O–H groups in total. The van der Waals surface area contributed by atoms with Crippen molar-refractivity contribution in [2.75, 3.05) is 42.7 Å². The van der Waals surface area contributed by atoms with Crippen molar-refractivity contribution >= 4 is 17.6 Å². The molecule has 0 fully saturated rings. The van der Waals surface area contributed by atoms with Gasteiger partial charge in [-0.1, -0.05) is 26.2 Å². The molecule has 0 spiro atoms. The summed E-state index contributed by atoms with van der Waals surface area (Å²) in [5.74, 6) is 0. The fraction of sp³-hybridized carbons (Fsp3) is 1.00. The van der Waals surface area contributed by atoms with Crippen LogP contribution in [0.1, 0.15) is 32.6 Å². The monoisotopic (exact) mass is 374 g/mol. The maximum atomic E-state index is 5.63. The van der Waals surface area contributed by atoms with Gasteiger partial charge < -0.3 is 26.6 Å². The zero-order valence-electron chi connectivity index (χ0n) is 14.4. The molecule has 0 radical (unpaired) electrons. The van der Waals surface area contributed by atoms with E-state index in [2.05, 4.69) is 6.92 Å². The van der Waals surface area contributed by atoms with Crippen molar-refractivity contribution < 1.29 is 48.3 Å². The second-order valence-corrected chi connectivity index (χ2v) is 11.3. The average Bonchev–Trinajstić information content (AvgIpc) is 2.51. The summed E-state index contributed by atoms with van der Waals surface area (Å²) in [5, 5.41) is -0.137. The molecule has 0 unspecified atom stereocenters. The van der Waals surface area contributed by atoms with Gasteiger partial charge in [0.2, 0.25) is 0 Å². The van der Waals surface area contributed by atoms with Crippen LogP contribution in [-0.2, 0) is 48.3 Å². The zero-order chi connectivity index (χ0) is 15.6. The third kappa shape index (κ3) is 5.80. The van der Waals surface area contributed by atoms with E-state index < -0.39 is 17.6 Å². The van der Waals surface area contributed by atoms with E-state index in [4.69, 9.17) is 26.6 Å². The first-order chi connectivity index (χ1) is 9.56. The van der Waals surface area contributed by atoms with Crippen molar-refractivity contribution in [1.29, 1.82) is 0 Å². The van der Waals surface area contributed by atoms with Crippen molar-refractivity contribution in [3.63, 3.8) is 0 Å². The van der Waals surface area contributed by atoms with Crippen LogP contribution in [-0.4, -0.2) is 60.3 Å². The second kappa shape index (κ2) is 12.3. The predicted octanol–water partition coefficient (Wildman–Crippen LogP) is 2.23. The van der Waals surface area contributed by atoms with Crippen molar-refractivity contribution in [3.05, 3.63) is 0 Å². The van der Waals surface area contributed by atoms with Gasteiger partial charge in [0.25, 0.3) is 0 Å². The molecule has 0 aromatic carbocycles. The van der Waals surface area contributed by atoms with Crippen molar-refractivity contribution in [2.45, 2.75) is 37.8 Å². The van der Waals surface area contributed by atoms with Gasteiger partial charge in [0.15, 0.2) is 0 Å². The van der Waals surface area contributed by atoms with Crippen molar-refractivity contribution in [1.82, 2.24) is 0 Å². The second-order valence-electron chi connectivity index (χ2n) is 4.48. The molecule has 0 bridgehead atoms. The molecular formula is C12H30O6Si2Ti. The van der Waals surface area contributed by atoms with E-state index in [0.29, 0.717) is 0 Å². The van der Waals surface area contributed by atoms with E-state index in [1.165, 1.54) is 0 Å². The molecule has 0 amide bonds. The Bertz CT molecular complexity index is 215. The summed E-state index contributed by atoms with van der Waals surface area (Å²) in [7, 11) is 3.80. The summed E-state index contributed by atoms with van der Waals surface area (Å²) in [6.45, 7) is 2.16. The van der Waals surface area contributed by atoms with E-state index in [1.54, 1.807) is 42.7 Å². The molecule has 0 aromatic heterocycles. The van der Waals surface area contributed by atoms with Gasteiger partial charge in [0, 0.05) is 64.4 Å². The Morgan fingerprint density at radius 3 is 1.24 bits per heavy atom. The molecule has 126 valence electrons. The van der Waals surface area contributed by atoms with E-state index in [0.717, 1.165) is 25.7 Å². The van der Waals surface area contributed by atoms with E-state index in [1.807, 2.05) is 0 Å². The maximum Gasteiger partial charge on any atom is 0.507 e. The first kappa shape index (κ1) is 24.2. The van der Waals surface area contributed by atoms with Crippen molar-refractivity contribution in [3.8, 4) is 0 Å². The van der Waals surface area contributed by atoms with E-state index in [9.17, 15) is 0 Å². The zero-order valence-corrected chi connectivity index (χ0v) is 17.9. The Hall–Kier alpha value is 0.908. The average molecular weight is 374 g/mol. The van der Waals surface area contributed by atoms with Gasteiger partial charge in [0.05, 0.1) is 5.16 Å². The third-order valence-corrected chi connectivity index (χ3v) is 11.5. The summed E-state index contributed by atoms with van der Waals surface area (Å²) in [5.41, 5.74) is 0.